The van der Waals surface area contributed by atoms with Crippen LogP contribution in [0.15, 0.2) is 24.3 Å². The first kappa shape index (κ1) is 19.3. The van der Waals surface area contributed by atoms with Gasteiger partial charge >= 0.3 is 6.03 Å². The van der Waals surface area contributed by atoms with Crippen molar-refractivity contribution >= 4 is 35.1 Å². The molecule has 1 aromatic carbocycles. The average Bonchev–Trinajstić information content (AvgIpc) is 2.95. The minimum Gasteiger partial charge on any atom is -0.332 e. The summed E-state index contributed by atoms with van der Waals surface area (Å²) in [6.07, 6.45) is 7.46. The number of rotatable bonds is 4. The zero-order chi connectivity index (χ0) is 20.2. The second-order valence-electron chi connectivity index (χ2n) is 9.31. The molecular weight excluding hydrogens is 407 g/mol. The van der Waals surface area contributed by atoms with Crippen LogP contribution in [0, 0.1) is 24.7 Å². The Morgan fingerprint density at radius 2 is 1.72 bits per heavy atom. The molecule has 0 spiro atoms. The number of benzene rings is 1. The summed E-state index contributed by atoms with van der Waals surface area (Å²) in [5.74, 6) is 2.93. The molecule has 0 aliphatic heterocycles. The molecule has 4 saturated carbocycles. The summed E-state index contributed by atoms with van der Waals surface area (Å²) in [5, 5.41) is 12.0. The number of hydrogen-bond acceptors (Lipinski definition) is 2. The van der Waals surface area contributed by atoms with E-state index in [1.165, 1.54) is 19.3 Å². The van der Waals surface area contributed by atoms with E-state index in [1.54, 1.807) is 0 Å². The number of nitrogens with zero attached hydrogens (tertiary/aromatic N) is 2. The second kappa shape index (κ2) is 7.21. The molecule has 4 bridgehead atoms. The van der Waals surface area contributed by atoms with Crippen LogP contribution in [0.25, 0.3) is 0 Å². The topological polar surface area (TPSA) is 59.0 Å². The van der Waals surface area contributed by atoms with Crippen molar-refractivity contribution in [2.75, 3.05) is 5.32 Å². The molecule has 154 valence electrons. The number of anilines is 1. The van der Waals surface area contributed by atoms with Gasteiger partial charge in [0.05, 0.1) is 6.54 Å². The van der Waals surface area contributed by atoms with Gasteiger partial charge in [-0.1, -0.05) is 29.3 Å². The SMILES string of the molecule is Cc1cc(NC(=O)NC23CC4CC(CC(C4)C2)C3)nn1Cc1c(Cl)cccc1Cl. The highest BCUT2D eigenvalue weighted by Crippen LogP contribution is 2.55. The van der Waals surface area contributed by atoms with E-state index in [9.17, 15) is 4.79 Å². The lowest BCUT2D eigenvalue weighted by Gasteiger charge is -2.56. The number of carbonyl (C=O) groups is 1. The third kappa shape index (κ3) is 3.75. The Bertz CT molecular complexity index is 899. The highest BCUT2D eigenvalue weighted by molar-refractivity contribution is 6.35. The molecule has 6 rings (SSSR count). The van der Waals surface area contributed by atoms with Crippen LogP contribution >= 0.6 is 23.2 Å². The lowest BCUT2D eigenvalue weighted by atomic mass is 9.53. The van der Waals surface area contributed by atoms with Gasteiger partial charge in [-0.05, 0) is 75.3 Å². The zero-order valence-corrected chi connectivity index (χ0v) is 18.1. The van der Waals surface area contributed by atoms with Gasteiger partial charge in [0.1, 0.15) is 0 Å². The minimum atomic E-state index is -0.146. The maximum atomic E-state index is 12.8. The standard InChI is InChI=1S/C22H26Cl2N4O/c1-13-5-20(27-28(13)12-17-18(23)3-2-4-19(17)24)25-21(29)26-22-9-14-6-15(10-22)8-16(7-14)11-22/h2-5,14-16H,6-12H2,1H3,(H2,25,26,27,29). The molecule has 2 N–H and O–H groups in total. The Morgan fingerprint density at radius 1 is 1.14 bits per heavy atom. The number of amides is 2. The lowest BCUT2D eigenvalue weighted by Crippen LogP contribution is -2.60. The summed E-state index contributed by atoms with van der Waals surface area (Å²) in [7, 11) is 0. The summed E-state index contributed by atoms with van der Waals surface area (Å²) < 4.78 is 1.81. The van der Waals surface area contributed by atoms with Crippen molar-refractivity contribution in [3.05, 3.63) is 45.6 Å². The molecule has 2 amide bonds. The molecule has 1 heterocycles. The number of carbonyl (C=O) groups excluding carboxylic acids is 1. The molecule has 4 fully saturated rings. The summed E-state index contributed by atoms with van der Waals surface area (Å²) in [6.45, 7) is 2.42. The number of hydrogen-bond donors (Lipinski definition) is 2. The molecule has 29 heavy (non-hydrogen) atoms. The molecule has 2 aromatic rings. The predicted octanol–water partition coefficient (Wildman–Crippen LogP) is 5.64. The van der Waals surface area contributed by atoms with Gasteiger partial charge in [-0.3, -0.25) is 10.00 Å². The van der Waals surface area contributed by atoms with Crippen molar-refractivity contribution < 1.29 is 4.79 Å². The first-order valence-electron chi connectivity index (χ1n) is 10.5. The quantitative estimate of drug-likeness (QED) is 0.656. The van der Waals surface area contributed by atoms with Gasteiger partial charge in [0.15, 0.2) is 5.82 Å². The van der Waals surface area contributed by atoms with E-state index < -0.39 is 0 Å². The van der Waals surface area contributed by atoms with E-state index in [4.69, 9.17) is 23.2 Å². The summed E-state index contributed by atoms with van der Waals surface area (Å²) >= 11 is 12.6. The van der Waals surface area contributed by atoms with Gasteiger partial charge in [-0.15, -0.1) is 0 Å². The van der Waals surface area contributed by atoms with Crippen molar-refractivity contribution in [2.45, 2.75) is 57.5 Å². The van der Waals surface area contributed by atoms with E-state index in [1.807, 2.05) is 35.9 Å². The fraction of sp³-hybridized carbons (Fsp3) is 0.545. The first-order chi connectivity index (χ1) is 13.9. The fourth-order valence-electron chi connectivity index (χ4n) is 6.22. The van der Waals surface area contributed by atoms with Gasteiger partial charge in [0, 0.05) is 32.9 Å². The molecule has 0 unspecified atom stereocenters. The van der Waals surface area contributed by atoms with E-state index in [2.05, 4.69) is 15.7 Å². The Morgan fingerprint density at radius 3 is 2.31 bits per heavy atom. The monoisotopic (exact) mass is 432 g/mol. The normalized spacial score (nSPS) is 29.8. The number of nitrogens with one attached hydrogen (secondary N) is 2. The van der Waals surface area contributed by atoms with Gasteiger partial charge in [0.25, 0.3) is 0 Å². The van der Waals surface area contributed by atoms with Crippen molar-refractivity contribution in [1.82, 2.24) is 15.1 Å². The molecule has 0 atom stereocenters. The predicted molar refractivity (Wildman–Crippen MR) is 116 cm³/mol. The Balaban J connectivity index is 1.27. The highest BCUT2D eigenvalue weighted by atomic mass is 35.5. The third-order valence-corrected chi connectivity index (χ3v) is 7.72. The second-order valence-corrected chi connectivity index (χ2v) is 10.1. The summed E-state index contributed by atoms with van der Waals surface area (Å²) in [4.78, 5) is 12.8. The van der Waals surface area contributed by atoms with Crippen molar-refractivity contribution in [3.63, 3.8) is 0 Å². The lowest BCUT2D eigenvalue weighted by molar-refractivity contribution is -0.0127. The van der Waals surface area contributed by atoms with Crippen LogP contribution in [0.5, 0.6) is 0 Å². The van der Waals surface area contributed by atoms with E-state index in [0.717, 1.165) is 48.3 Å². The van der Waals surface area contributed by atoms with Crippen molar-refractivity contribution in [1.29, 1.82) is 0 Å². The van der Waals surface area contributed by atoms with E-state index in [-0.39, 0.29) is 11.6 Å². The van der Waals surface area contributed by atoms with Crippen LogP contribution in [-0.4, -0.2) is 21.4 Å². The zero-order valence-electron chi connectivity index (χ0n) is 16.5. The van der Waals surface area contributed by atoms with Gasteiger partial charge < -0.3 is 5.32 Å². The first-order valence-corrected chi connectivity index (χ1v) is 11.2. The van der Waals surface area contributed by atoms with Gasteiger partial charge in [-0.25, -0.2) is 4.79 Å². The van der Waals surface area contributed by atoms with Crippen molar-refractivity contribution in [2.24, 2.45) is 17.8 Å². The maximum absolute atomic E-state index is 12.8. The van der Waals surface area contributed by atoms with Gasteiger partial charge in [0.2, 0.25) is 0 Å². The van der Waals surface area contributed by atoms with Crippen LogP contribution in [0.1, 0.15) is 49.8 Å². The molecule has 7 heteroatoms. The third-order valence-electron chi connectivity index (χ3n) is 7.01. The molecular formula is C22H26Cl2N4O. The number of halogens is 2. The van der Waals surface area contributed by atoms with Crippen molar-refractivity contribution in [3.8, 4) is 0 Å². The molecule has 0 radical (unpaired) electrons. The van der Waals surface area contributed by atoms with Crippen LogP contribution in [0.3, 0.4) is 0 Å². The van der Waals surface area contributed by atoms with Crippen LogP contribution in [0.2, 0.25) is 10.0 Å². The Hall–Kier alpha value is -1.72. The fourth-order valence-corrected chi connectivity index (χ4v) is 6.73. The maximum Gasteiger partial charge on any atom is 0.320 e. The highest BCUT2D eigenvalue weighted by Gasteiger charge is 2.51. The average molecular weight is 433 g/mol. The Labute approximate surface area is 181 Å². The summed E-state index contributed by atoms with van der Waals surface area (Å²) in [5.41, 5.74) is 1.75. The number of urea groups is 1. The largest absolute Gasteiger partial charge is 0.332 e. The van der Waals surface area contributed by atoms with Crippen LogP contribution < -0.4 is 10.6 Å². The molecule has 4 aliphatic carbocycles. The molecule has 5 nitrogen and oxygen atoms in total. The van der Waals surface area contributed by atoms with Crippen LogP contribution in [0.4, 0.5) is 10.6 Å². The smallest absolute Gasteiger partial charge is 0.320 e. The summed E-state index contributed by atoms with van der Waals surface area (Å²) in [6, 6.07) is 7.20. The van der Waals surface area contributed by atoms with E-state index >= 15 is 0 Å². The molecule has 0 saturated heterocycles. The van der Waals surface area contributed by atoms with Crippen LogP contribution in [-0.2, 0) is 6.54 Å². The Kier molecular flexibility index (Phi) is 4.78. The van der Waals surface area contributed by atoms with E-state index in [0.29, 0.717) is 22.4 Å². The number of aromatic nitrogens is 2. The molecule has 4 aliphatic rings. The molecule has 1 aromatic heterocycles. The number of aryl methyl sites for hydroxylation is 1. The van der Waals surface area contributed by atoms with Gasteiger partial charge in [-0.2, -0.15) is 5.10 Å². The minimum absolute atomic E-state index is 0.0124.